The molecule has 1 atom stereocenters. The Bertz CT molecular complexity index is 763. The molecule has 3 rings (SSSR count). The number of amides is 1. The standard InChI is InChI=1S/C16H22N6O2/c1-16(2,3)24-15(23)18-11-8-9-21(10-11)14(17)22-13-7-5-4-6-12(13)19-20-22/h4-7,11,17H,8-10H2,1-3H3,(H,18,23)/t11-/m1/s1. The second kappa shape index (κ2) is 6.10. The monoisotopic (exact) mass is 330 g/mol. The van der Waals surface area contributed by atoms with Crippen molar-refractivity contribution in [3.63, 3.8) is 0 Å². The van der Waals surface area contributed by atoms with Crippen molar-refractivity contribution < 1.29 is 9.53 Å². The van der Waals surface area contributed by atoms with Crippen molar-refractivity contribution in [1.29, 1.82) is 5.41 Å². The van der Waals surface area contributed by atoms with Crippen LogP contribution in [-0.2, 0) is 4.74 Å². The number of likely N-dealkylation sites (tertiary alicyclic amines) is 1. The summed E-state index contributed by atoms with van der Waals surface area (Å²) in [5, 5.41) is 19.4. The van der Waals surface area contributed by atoms with Crippen LogP contribution in [0.5, 0.6) is 0 Å². The maximum Gasteiger partial charge on any atom is 0.407 e. The minimum absolute atomic E-state index is 0.0463. The van der Waals surface area contributed by atoms with Crippen LogP contribution in [-0.4, -0.2) is 56.7 Å². The molecule has 8 nitrogen and oxygen atoms in total. The third kappa shape index (κ3) is 3.47. The number of carbonyl (C=O) groups is 1. The van der Waals surface area contributed by atoms with E-state index in [-0.39, 0.29) is 12.0 Å². The van der Waals surface area contributed by atoms with Crippen molar-refractivity contribution in [3.05, 3.63) is 24.3 Å². The number of benzene rings is 1. The van der Waals surface area contributed by atoms with Gasteiger partial charge in [0.15, 0.2) is 0 Å². The lowest BCUT2D eigenvalue weighted by atomic mass is 10.2. The molecule has 0 bridgehead atoms. The van der Waals surface area contributed by atoms with Gasteiger partial charge in [-0.05, 0) is 39.3 Å². The summed E-state index contributed by atoms with van der Waals surface area (Å²) >= 11 is 0. The van der Waals surface area contributed by atoms with Crippen LogP contribution in [0.2, 0.25) is 0 Å². The van der Waals surface area contributed by atoms with Gasteiger partial charge in [0.25, 0.3) is 0 Å². The predicted octanol–water partition coefficient (Wildman–Crippen LogP) is 1.81. The number of carbonyl (C=O) groups excluding carboxylic acids is 1. The summed E-state index contributed by atoms with van der Waals surface area (Å²) in [6.07, 6.45) is 0.334. The van der Waals surface area contributed by atoms with E-state index < -0.39 is 11.7 Å². The second-order valence-electron chi connectivity index (χ2n) is 6.89. The third-order valence-corrected chi connectivity index (χ3v) is 3.76. The summed E-state index contributed by atoms with van der Waals surface area (Å²) in [5.74, 6) is 0.261. The van der Waals surface area contributed by atoms with Crippen LogP contribution in [0, 0.1) is 5.41 Å². The quantitative estimate of drug-likeness (QED) is 0.614. The zero-order valence-corrected chi connectivity index (χ0v) is 14.1. The van der Waals surface area contributed by atoms with E-state index in [0.717, 1.165) is 17.5 Å². The summed E-state index contributed by atoms with van der Waals surface area (Å²) in [7, 11) is 0. The molecule has 8 heteroatoms. The molecule has 1 aliphatic rings. The fourth-order valence-electron chi connectivity index (χ4n) is 2.70. The summed E-state index contributed by atoms with van der Waals surface area (Å²) in [5.41, 5.74) is 1.03. The molecule has 0 aliphatic carbocycles. The average Bonchev–Trinajstić information content (AvgIpc) is 3.11. The lowest BCUT2D eigenvalue weighted by Gasteiger charge is -2.22. The molecule has 1 aromatic heterocycles. The first-order chi connectivity index (χ1) is 11.3. The third-order valence-electron chi connectivity index (χ3n) is 3.76. The second-order valence-corrected chi connectivity index (χ2v) is 6.89. The van der Waals surface area contributed by atoms with Crippen molar-refractivity contribution in [2.45, 2.75) is 38.8 Å². The molecule has 2 aromatic rings. The van der Waals surface area contributed by atoms with E-state index in [4.69, 9.17) is 10.1 Å². The Hall–Kier alpha value is -2.64. The lowest BCUT2D eigenvalue weighted by Crippen LogP contribution is -2.42. The van der Waals surface area contributed by atoms with Gasteiger partial charge in [0.05, 0.1) is 11.6 Å². The molecular weight excluding hydrogens is 308 g/mol. The summed E-state index contributed by atoms with van der Waals surface area (Å²) < 4.78 is 6.79. The Morgan fingerprint density at radius 2 is 2.12 bits per heavy atom. The van der Waals surface area contributed by atoms with Crippen LogP contribution in [0.25, 0.3) is 11.0 Å². The number of alkyl carbamates (subject to hydrolysis) is 1. The predicted molar refractivity (Wildman–Crippen MR) is 90.0 cm³/mol. The van der Waals surface area contributed by atoms with Crippen LogP contribution in [0.4, 0.5) is 4.79 Å². The van der Waals surface area contributed by atoms with Gasteiger partial charge < -0.3 is 15.0 Å². The summed E-state index contributed by atoms with van der Waals surface area (Å²) in [6.45, 7) is 6.72. The molecule has 128 valence electrons. The molecule has 24 heavy (non-hydrogen) atoms. The van der Waals surface area contributed by atoms with Gasteiger partial charge in [0, 0.05) is 13.1 Å². The van der Waals surface area contributed by atoms with E-state index in [2.05, 4.69) is 15.6 Å². The molecule has 0 radical (unpaired) electrons. The number of fused-ring (bicyclic) bond motifs is 1. The van der Waals surface area contributed by atoms with Crippen molar-refractivity contribution in [1.82, 2.24) is 25.2 Å². The van der Waals surface area contributed by atoms with E-state index >= 15 is 0 Å². The zero-order valence-electron chi connectivity index (χ0n) is 14.1. The molecule has 2 N–H and O–H groups in total. The number of rotatable bonds is 1. The summed E-state index contributed by atoms with van der Waals surface area (Å²) in [6, 6.07) is 7.49. The maximum atomic E-state index is 11.9. The first-order valence-electron chi connectivity index (χ1n) is 7.97. The first kappa shape index (κ1) is 16.2. The Labute approximate surface area is 140 Å². The Morgan fingerprint density at radius 1 is 1.38 bits per heavy atom. The fraction of sp³-hybridized carbons (Fsp3) is 0.500. The van der Waals surface area contributed by atoms with Gasteiger partial charge in [-0.25, -0.2) is 4.79 Å². The highest BCUT2D eigenvalue weighted by atomic mass is 16.6. The number of nitrogens with one attached hydrogen (secondary N) is 2. The Kier molecular flexibility index (Phi) is 4.13. The highest BCUT2D eigenvalue weighted by Gasteiger charge is 2.28. The van der Waals surface area contributed by atoms with Crippen molar-refractivity contribution in [2.75, 3.05) is 13.1 Å². The topological polar surface area (TPSA) is 96.1 Å². The van der Waals surface area contributed by atoms with E-state index in [1.165, 1.54) is 4.68 Å². The van der Waals surface area contributed by atoms with E-state index in [0.29, 0.717) is 13.1 Å². The molecular formula is C16H22N6O2. The van der Waals surface area contributed by atoms with Gasteiger partial charge in [0.2, 0.25) is 5.96 Å². The molecule has 2 heterocycles. The molecule has 1 amide bonds. The van der Waals surface area contributed by atoms with Crippen molar-refractivity contribution in [3.8, 4) is 0 Å². The van der Waals surface area contributed by atoms with Gasteiger partial charge in [-0.2, -0.15) is 4.68 Å². The van der Waals surface area contributed by atoms with Crippen LogP contribution >= 0.6 is 0 Å². The highest BCUT2D eigenvalue weighted by molar-refractivity contribution is 5.89. The SMILES string of the molecule is CC(C)(C)OC(=O)N[C@@H]1CCN(C(=N)n2nnc3ccccc32)C1. The van der Waals surface area contributed by atoms with E-state index in [9.17, 15) is 4.79 Å². The van der Waals surface area contributed by atoms with Gasteiger partial charge in [0.1, 0.15) is 11.1 Å². The number of aromatic nitrogens is 3. The minimum Gasteiger partial charge on any atom is -0.444 e. The molecule has 0 saturated carbocycles. The smallest absolute Gasteiger partial charge is 0.407 e. The van der Waals surface area contributed by atoms with Crippen LogP contribution in [0.3, 0.4) is 0 Å². The van der Waals surface area contributed by atoms with Gasteiger partial charge in [-0.15, -0.1) is 5.10 Å². The van der Waals surface area contributed by atoms with Crippen molar-refractivity contribution >= 4 is 23.1 Å². The molecule has 0 unspecified atom stereocenters. The van der Waals surface area contributed by atoms with Crippen LogP contribution in [0.1, 0.15) is 27.2 Å². The first-order valence-corrected chi connectivity index (χ1v) is 7.97. The average molecular weight is 330 g/mol. The van der Waals surface area contributed by atoms with Crippen LogP contribution < -0.4 is 5.32 Å². The largest absolute Gasteiger partial charge is 0.444 e. The normalized spacial score (nSPS) is 18.0. The Morgan fingerprint density at radius 3 is 2.88 bits per heavy atom. The number of ether oxygens (including phenoxy) is 1. The van der Waals surface area contributed by atoms with Gasteiger partial charge in [-0.3, -0.25) is 5.41 Å². The van der Waals surface area contributed by atoms with Crippen molar-refractivity contribution in [2.24, 2.45) is 0 Å². The molecule has 1 aromatic carbocycles. The van der Waals surface area contributed by atoms with E-state index in [1.807, 2.05) is 49.9 Å². The summed E-state index contributed by atoms with van der Waals surface area (Å²) in [4.78, 5) is 13.7. The van der Waals surface area contributed by atoms with Gasteiger partial charge in [-0.1, -0.05) is 17.3 Å². The number of para-hydroxylation sites is 1. The van der Waals surface area contributed by atoms with Crippen LogP contribution in [0.15, 0.2) is 24.3 Å². The molecule has 0 spiro atoms. The zero-order chi connectivity index (χ0) is 17.3. The highest BCUT2D eigenvalue weighted by Crippen LogP contribution is 2.15. The van der Waals surface area contributed by atoms with Gasteiger partial charge >= 0.3 is 6.09 Å². The number of hydrogen-bond acceptors (Lipinski definition) is 5. The maximum absolute atomic E-state index is 11.9. The number of hydrogen-bond donors (Lipinski definition) is 2. The minimum atomic E-state index is -0.519. The Balaban J connectivity index is 1.63. The molecule has 1 aliphatic heterocycles. The molecule has 1 saturated heterocycles. The lowest BCUT2D eigenvalue weighted by molar-refractivity contribution is 0.0507. The molecule has 1 fully saturated rings. The fourth-order valence-corrected chi connectivity index (χ4v) is 2.70. The number of nitrogens with zero attached hydrogens (tertiary/aromatic N) is 4. The van der Waals surface area contributed by atoms with E-state index in [1.54, 1.807) is 0 Å².